The standard InChI is InChI=1S/C17H14FN7/c18-15-7-3-1-5-12(15)10-24-11-13(14-6-2-4-8-16(14)24)9-20-25-17(19)21-22-23-25/h1-9,11H,10H2,(H2,19,21,23)/b20-9-. The molecule has 0 aliphatic heterocycles. The molecule has 0 fully saturated rings. The van der Waals surface area contributed by atoms with Crippen molar-refractivity contribution in [1.29, 1.82) is 0 Å². The van der Waals surface area contributed by atoms with Crippen molar-refractivity contribution in [3.05, 3.63) is 71.7 Å². The topological polar surface area (TPSA) is 86.9 Å². The average molecular weight is 335 g/mol. The van der Waals surface area contributed by atoms with Gasteiger partial charge in [-0.1, -0.05) is 46.3 Å². The van der Waals surface area contributed by atoms with Crippen LogP contribution in [0.1, 0.15) is 11.1 Å². The Kier molecular flexibility index (Phi) is 3.70. The molecular weight excluding hydrogens is 321 g/mol. The molecule has 2 aromatic carbocycles. The molecule has 4 rings (SSSR count). The summed E-state index contributed by atoms with van der Waals surface area (Å²) in [5.74, 6) is -0.122. The van der Waals surface area contributed by atoms with E-state index in [1.54, 1.807) is 18.3 Å². The van der Waals surface area contributed by atoms with E-state index in [2.05, 4.69) is 20.6 Å². The first-order valence-electron chi connectivity index (χ1n) is 7.62. The third-order valence-corrected chi connectivity index (χ3v) is 3.90. The van der Waals surface area contributed by atoms with Gasteiger partial charge in [-0.2, -0.15) is 5.10 Å². The summed E-state index contributed by atoms with van der Waals surface area (Å²) in [6.07, 6.45) is 3.55. The lowest BCUT2D eigenvalue weighted by molar-refractivity contribution is 0.602. The van der Waals surface area contributed by atoms with E-state index in [-0.39, 0.29) is 11.8 Å². The van der Waals surface area contributed by atoms with Gasteiger partial charge in [-0.05, 0) is 22.6 Å². The fraction of sp³-hybridized carbons (Fsp3) is 0.0588. The normalized spacial score (nSPS) is 11.6. The number of nitrogens with zero attached hydrogens (tertiary/aromatic N) is 6. The maximum atomic E-state index is 14.0. The first-order chi connectivity index (χ1) is 12.2. The molecule has 4 aromatic rings. The van der Waals surface area contributed by atoms with E-state index >= 15 is 0 Å². The second-order valence-corrected chi connectivity index (χ2v) is 5.49. The molecule has 0 radical (unpaired) electrons. The van der Waals surface area contributed by atoms with E-state index in [0.717, 1.165) is 21.3 Å². The maximum absolute atomic E-state index is 14.0. The van der Waals surface area contributed by atoms with Crippen molar-refractivity contribution in [2.45, 2.75) is 6.54 Å². The highest BCUT2D eigenvalue weighted by Crippen LogP contribution is 2.22. The van der Waals surface area contributed by atoms with Gasteiger partial charge in [0.1, 0.15) is 5.82 Å². The van der Waals surface area contributed by atoms with E-state index in [4.69, 9.17) is 5.73 Å². The molecule has 0 aliphatic carbocycles. The number of rotatable bonds is 4. The van der Waals surface area contributed by atoms with Gasteiger partial charge >= 0.3 is 0 Å². The Morgan fingerprint density at radius 2 is 1.92 bits per heavy atom. The summed E-state index contributed by atoms with van der Waals surface area (Å²) in [7, 11) is 0. The Hall–Kier alpha value is -3.55. The first kappa shape index (κ1) is 15.0. The van der Waals surface area contributed by atoms with E-state index in [9.17, 15) is 4.39 Å². The Bertz CT molecular complexity index is 1060. The van der Waals surface area contributed by atoms with Crippen molar-refractivity contribution in [2.75, 3.05) is 5.73 Å². The summed E-state index contributed by atoms with van der Waals surface area (Å²) in [4.78, 5) is 1.14. The lowest BCUT2D eigenvalue weighted by atomic mass is 10.2. The molecular formula is C17H14FN7. The Labute approximate surface area is 142 Å². The molecule has 0 unspecified atom stereocenters. The summed E-state index contributed by atoms with van der Waals surface area (Å²) in [5, 5.41) is 15.9. The van der Waals surface area contributed by atoms with E-state index in [0.29, 0.717) is 12.1 Å². The molecule has 0 bridgehead atoms. The van der Waals surface area contributed by atoms with Gasteiger partial charge in [0.25, 0.3) is 5.95 Å². The number of benzene rings is 2. The van der Waals surface area contributed by atoms with Gasteiger partial charge in [-0.15, -0.1) is 0 Å². The number of hydrogen-bond donors (Lipinski definition) is 1. The number of hydrogen-bond acceptors (Lipinski definition) is 5. The highest BCUT2D eigenvalue weighted by molar-refractivity contribution is 5.99. The SMILES string of the molecule is Nc1nnnn1/N=C\c1cn(Cc2ccccc2F)c2ccccc12. The zero-order chi connectivity index (χ0) is 17.2. The van der Waals surface area contributed by atoms with Crippen molar-refractivity contribution >= 4 is 23.1 Å². The number of nitrogens with two attached hydrogens (primary N) is 1. The molecule has 2 aromatic heterocycles. The Morgan fingerprint density at radius 1 is 1.12 bits per heavy atom. The second-order valence-electron chi connectivity index (χ2n) is 5.49. The Morgan fingerprint density at radius 3 is 2.72 bits per heavy atom. The number of fused-ring (bicyclic) bond motifs is 1. The molecule has 0 spiro atoms. The van der Waals surface area contributed by atoms with Crippen molar-refractivity contribution < 1.29 is 4.39 Å². The van der Waals surface area contributed by atoms with Crippen LogP contribution >= 0.6 is 0 Å². The predicted octanol–water partition coefficient (Wildman–Crippen LogP) is 2.28. The first-order valence-corrected chi connectivity index (χ1v) is 7.62. The molecule has 0 aliphatic rings. The van der Waals surface area contributed by atoms with Crippen LogP contribution in [0.25, 0.3) is 10.9 Å². The smallest absolute Gasteiger partial charge is 0.263 e. The lowest BCUT2D eigenvalue weighted by Gasteiger charge is -2.06. The molecule has 124 valence electrons. The van der Waals surface area contributed by atoms with Crippen LogP contribution in [0.4, 0.5) is 10.3 Å². The summed E-state index contributed by atoms with van der Waals surface area (Å²) in [5.41, 5.74) is 8.08. The van der Waals surface area contributed by atoms with Crippen molar-refractivity contribution in [3.8, 4) is 0 Å². The lowest BCUT2D eigenvalue weighted by Crippen LogP contribution is -2.00. The number of anilines is 1. The summed E-state index contributed by atoms with van der Waals surface area (Å²) < 4.78 is 16.0. The second kappa shape index (κ2) is 6.16. The molecule has 7 nitrogen and oxygen atoms in total. The quantitative estimate of drug-likeness (QED) is 0.580. The van der Waals surface area contributed by atoms with E-state index in [1.807, 2.05) is 41.1 Å². The summed E-state index contributed by atoms with van der Waals surface area (Å²) >= 11 is 0. The highest BCUT2D eigenvalue weighted by atomic mass is 19.1. The van der Waals surface area contributed by atoms with Crippen LogP contribution in [0.3, 0.4) is 0 Å². The van der Waals surface area contributed by atoms with E-state index < -0.39 is 0 Å². The minimum Gasteiger partial charge on any atom is -0.365 e. The largest absolute Gasteiger partial charge is 0.365 e. The van der Waals surface area contributed by atoms with E-state index in [1.165, 1.54) is 6.07 Å². The molecule has 0 atom stereocenters. The zero-order valence-electron chi connectivity index (χ0n) is 13.1. The summed E-state index contributed by atoms with van der Waals surface area (Å²) in [6.45, 7) is 0.425. The summed E-state index contributed by atoms with van der Waals surface area (Å²) in [6, 6.07) is 14.6. The molecule has 2 N–H and O–H groups in total. The van der Waals surface area contributed by atoms with Crippen LogP contribution in [0.15, 0.2) is 59.8 Å². The van der Waals surface area contributed by atoms with Gasteiger partial charge < -0.3 is 10.3 Å². The number of para-hydroxylation sites is 1. The fourth-order valence-corrected chi connectivity index (χ4v) is 2.71. The van der Waals surface area contributed by atoms with Crippen LogP contribution < -0.4 is 5.73 Å². The fourth-order valence-electron chi connectivity index (χ4n) is 2.71. The van der Waals surface area contributed by atoms with Crippen LogP contribution in [0.5, 0.6) is 0 Å². The van der Waals surface area contributed by atoms with Gasteiger partial charge in [0.05, 0.1) is 12.8 Å². The zero-order valence-corrected chi connectivity index (χ0v) is 13.1. The van der Waals surface area contributed by atoms with Crippen LogP contribution in [0, 0.1) is 5.82 Å². The minimum atomic E-state index is -0.225. The van der Waals surface area contributed by atoms with Gasteiger partial charge in [0.15, 0.2) is 0 Å². The van der Waals surface area contributed by atoms with Crippen LogP contribution in [0.2, 0.25) is 0 Å². The number of nitrogen functional groups attached to an aromatic ring is 1. The third kappa shape index (κ3) is 2.85. The molecule has 25 heavy (non-hydrogen) atoms. The van der Waals surface area contributed by atoms with Gasteiger partial charge in [-0.25, -0.2) is 4.39 Å². The van der Waals surface area contributed by atoms with Crippen molar-refractivity contribution in [2.24, 2.45) is 5.10 Å². The monoisotopic (exact) mass is 335 g/mol. The van der Waals surface area contributed by atoms with Gasteiger partial charge in [-0.3, -0.25) is 0 Å². The Balaban J connectivity index is 1.75. The molecule has 2 heterocycles. The number of tetrazole rings is 1. The number of aromatic nitrogens is 5. The molecule has 0 amide bonds. The predicted molar refractivity (Wildman–Crippen MR) is 92.7 cm³/mol. The third-order valence-electron chi connectivity index (χ3n) is 3.90. The van der Waals surface area contributed by atoms with Crippen molar-refractivity contribution in [1.82, 2.24) is 24.9 Å². The average Bonchev–Trinajstić information content (AvgIpc) is 3.19. The maximum Gasteiger partial charge on any atom is 0.263 e. The van der Waals surface area contributed by atoms with Crippen LogP contribution in [-0.2, 0) is 6.54 Å². The molecule has 0 saturated heterocycles. The van der Waals surface area contributed by atoms with Crippen molar-refractivity contribution in [3.63, 3.8) is 0 Å². The molecule has 0 saturated carbocycles. The minimum absolute atomic E-state index is 0.103. The number of halogens is 1. The van der Waals surface area contributed by atoms with Crippen LogP contribution in [-0.4, -0.2) is 31.1 Å². The van der Waals surface area contributed by atoms with Gasteiger partial charge in [0.2, 0.25) is 0 Å². The highest BCUT2D eigenvalue weighted by Gasteiger charge is 2.09. The molecule has 8 heteroatoms. The van der Waals surface area contributed by atoms with Gasteiger partial charge in [0, 0.05) is 28.2 Å².